The topological polar surface area (TPSA) is 244 Å². The number of nitrogens with one attached hydrogen (secondary N) is 4. The van der Waals surface area contributed by atoms with E-state index in [1.165, 1.54) is 12.5 Å². The molecule has 190 valence electrons. The van der Waals surface area contributed by atoms with E-state index in [4.69, 9.17) is 17.2 Å². The molecule has 0 bridgehead atoms. The second kappa shape index (κ2) is 14.5. The summed E-state index contributed by atoms with van der Waals surface area (Å²) in [7, 11) is 0. The van der Waals surface area contributed by atoms with E-state index in [2.05, 4.69) is 30.9 Å². The number of carbonyl (C=O) groups is 4. The van der Waals surface area contributed by atoms with Crippen molar-refractivity contribution in [3.63, 3.8) is 0 Å². The molecule has 0 spiro atoms. The van der Waals surface area contributed by atoms with Crippen molar-refractivity contribution in [3.8, 4) is 0 Å². The summed E-state index contributed by atoms with van der Waals surface area (Å²) >= 11 is 0. The fraction of sp³-hybridized carbons (Fsp3) is 0.600. The number of amides is 3. The molecule has 0 radical (unpaired) electrons. The Labute approximate surface area is 197 Å². The number of carbonyl (C=O) groups excluding carboxylic acids is 3. The standard InChI is InChI=1S/C20H35N9O5/c1-3-11(2)16(19(33)34)29-18(32)14(7-12-8-24-10-27-12)28-15(30)9-26-17(31)13(21)5-4-6-25-20(22)23/h8,10-11,13-14,16H,3-7,9,21H2,1-2H3,(H,24,27)(H,26,31)(H,28,30)(H,29,32)(H,33,34)(H4,22,23,25). The maximum Gasteiger partial charge on any atom is 0.326 e. The number of aromatic amines is 1. The molecule has 34 heavy (non-hydrogen) atoms. The van der Waals surface area contributed by atoms with Crippen molar-refractivity contribution in [1.82, 2.24) is 25.9 Å². The number of aromatic nitrogens is 2. The minimum absolute atomic E-state index is 0.0443. The van der Waals surface area contributed by atoms with Gasteiger partial charge in [-0.1, -0.05) is 20.3 Å². The average molecular weight is 482 g/mol. The molecular formula is C20H35N9O5. The Balaban J connectivity index is 2.70. The van der Waals surface area contributed by atoms with Crippen LogP contribution in [0.1, 0.15) is 38.8 Å². The smallest absolute Gasteiger partial charge is 0.326 e. The monoisotopic (exact) mass is 481 g/mol. The number of guanidine groups is 1. The van der Waals surface area contributed by atoms with E-state index in [9.17, 15) is 24.3 Å². The molecule has 14 heteroatoms. The van der Waals surface area contributed by atoms with Gasteiger partial charge in [0.2, 0.25) is 17.7 Å². The number of nitrogens with zero attached hydrogens (tertiary/aromatic N) is 2. The van der Waals surface area contributed by atoms with Gasteiger partial charge in [0, 0.05) is 24.9 Å². The first-order valence-corrected chi connectivity index (χ1v) is 10.9. The number of nitrogens with two attached hydrogens (primary N) is 3. The van der Waals surface area contributed by atoms with Crippen LogP contribution in [-0.4, -0.2) is 75.9 Å². The van der Waals surface area contributed by atoms with Gasteiger partial charge < -0.3 is 43.2 Å². The summed E-state index contributed by atoms with van der Waals surface area (Å²) < 4.78 is 0. The minimum Gasteiger partial charge on any atom is -0.480 e. The fourth-order valence-electron chi connectivity index (χ4n) is 2.96. The van der Waals surface area contributed by atoms with E-state index in [0.29, 0.717) is 31.5 Å². The Morgan fingerprint density at radius 3 is 2.47 bits per heavy atom. The molecule has 1 heterocycles. The highest BCUT2D eigenvalue weighted by Gasteiger charge is 2.30. The van der Waals surface area contributed by atoms with E-state index < -0.39 is 48.4 Å². The van der Waals surface area contributed by atoms with Gasteiger partial charge in [-0.2, -0.15) is 0 Å². The van der Waals surface area contributed by atoms with Crippen molar-refractivity contribution in [2.24, 2.45) is 28.1 Å². The third-order valence-electron chi connectivity index (χ3n) is 5.13. The zero-order valence-electron chi connectivity index (χ0n) is 19.4. The summed E-state index contributed by atoms with van der Waals surface area (Å²) in [5, 5.41) is 16.9. The SMILES string of the molecule is CCC(C)C(NC(=O)C(Cc1cnc[nH]1)NC(=O)CNC(=O)C(N)CCCN=C(N)N)C(=O)O. The van der Waals surface area contributed by atoms with E-state index in [0.717, 1.165) is 0 Å². The summed E-state index contributed by atoms with van der Waals surface area (Å²) in [5.41, 5.74) is 16.8. The number of carboxylic acids is 1. The lowest BCUT2D eigenvalue weighted by Crippen LogP contribution is -2.55. The summed E-state index contributed by atoms with van der Waals surface area (Å²) in [4.78, 5) is 59.4. The Morgan fingerprint density at radius 2 is 1.91 bits per heavy atom. The van der Waals surface area contributed by atoms with Crippen LogP contribution < -0.4 is 33.2 Å². The highest BCUT2D eigenvalue weighted by Crippen LogP contribution is 2.09. The van der Waals surface area contributed by atoms with Gasteiger partial charge >= 0.3 is 5.97 Å². The van der Waals surface area contributed by atoms with Gasteiger partial charge in [-0.05, 0) is 18.8 Å². The summed E-state index contributed by atoms with van der Waals surface area (Å²) in [6.45, 7) is 3.42. The molecule has 0 fully saturated rings. The van der Waals surface area contributed by atoms with E-state index in [1.807, 2.05) is 6.92 Å². The number of rotatable bonds is 15. The van der Waals surface area contributed by atoms with Gasteiger partial charge in [-0.3, -0.25) is 19.4 Å². The number of hydrogen-bond donors (Lipinski definition) is 8. The van der Waals surface area contributed by atoms with E-state index >= 15 is 0 Å². The predicted octanol–water partition coefficient (Wildman–Crippen LogP) is -2.45. The lowest BCUT2D eigenvalue weighted by Gasteiger charge is -2.24. The number of aliphatic imine (C=N–C) groups is 1. The van der Waals surface area contributed by atoms with Crippen molar-refractivity contribution in [1.29, 1.82) is 0 Å². The van der Waals surface area contributed by atoms with Crippen molar-refractivity contribution < 1.29 is 24.3 Å². The lowest BCUT2D eigenvalue weighted by molar-refractivity contribution is -0.143. The molecule has 14 nitrogen and oxygen atoms in total. The molecule has 4 atom stereocenters. The zero-order valence-corrected chi connectivity index (χ0v) is 19.4. The summed E-state index contributed by atoms with van der Waals surface area (Å²) in [6.07, 6.45) is 4.27. The molecule has 0 saturated carbocycles. The quantitative estimate of drug-likeness (QED) is 0.0751. The second-order valence-electron chi connectivity index (χ2n) is 7.88. The Kier molecular flexibility index (Phi) is 12.1. The van der Waals surface area contributed by atoms with Gasteiger partial charge in [-0.15, -0.1) is 0 Å². The van der Waals surface area contributed by atoms with Crippen LogP contribution in [0.2, 0.25) is 0 Å². The largest absolute Gasteiger partial charge is 0.480 e. The van der Waals surface area contributed by atoms with Crippen LogP contribution in [0.4, 0.5) is 0 Å². The number of hydrogen-bond acceptors (Lipinski definition) is 7. The third kappa shape index (κ3) is 10.3. The summed E-state index contributed by atoms with van der Waals surface area (Å²) in [5.74, 6) is -3.40. The normalized spacial score (nSPS) is 14.2. The van der Waals surface area contributed by atoms with Crippen LogP contribution in [0, 0.1) is 5.92 Å². The Morgan fingerprint density at radius 1 is 1.21 bits per heavy atom. The first-order valence-electron chi connectivity index (χ1n) is 10.9. The predicted molar refractivity (Wildman–Crippen MR) is 124 cm³/mol. The second-order valence-corrected chi connectivity index (χ2v) is 7.88. The lowest BCUT2D eigenvalue weighted by atomic mass is 9.98. The molecular weight excluding hydrogens is 446 g/mol. The summed E-state index contributed by atoms with van der Waals surface area (Å²) in [6, 6.07) is -3.07. The number of carboxylic acid groups (broad SMARTS) is 1. The number of imidazole rings is 1. The third-order valence-corrected chi connectivity index (χ3v) is 5.13. The molecule has 3 amide bonds. The molecule has 0 aliphatic rings. The van der Waals surface area contributed by atoms with E-state index in [1.54, 1.807) is 6.92 Å². The van der Waals surface area contributed by atoms with Crippen LogP contribution in [0.3, 0.4) is 0 Å². The van der Waals surface area contributed by atoms with Gasteiger partial charge in [0.05, 0.1) is 18.9 Å². The van der Waals surface area contributed by atoms with Gasteiger partial charge in [0.15, 0.2) is 5.96 Å². The Bertz CT molecular complexity index is 839. The molecule has 1 aromatic heterocycles. The first-order chi connectivity index (χ1) is 16.0. The molecule has 4 unspecified atom stereocenters. The van der Waals surface area contributed by atoms with Crippen molar-refractivity contribution in [2.45, 2.75) is 57.7 Å². The fourth-order valence-corrected chi connectivity index (χ4v) is 2.96. The molecule has 0 saturated heterocycles. The molecule has 0 aliphatic heterocycles. The van der Waals surface area contributed by atoms with Crippen LogP contribution in [0.15, 0.2) is 17.5 Å². The van der Waals surface area contributed by atoms with Crippen molar-refractivity contribution in [2.75, 3.05) is 13.1 Å². The van der Waals surface area contributed by atoms with Crippen LogP contribution >= 0.6 is 0 Å². The minimum atomic E-state index is -1.17. The molecule has 11 N–H and O–H groups in total. The van der Waals surface area contributed by atoms with Gasteiger partial charge in [0.25, 0.3) is 0 Å². The molecule has 0 aromatic carbocycles. The zero-order chi connectivity index (χ0) is 25.7. The van der Waals surface area contributed by atoms with Crippen LogP contribution in [0.25, 0.3) is 0 Å². The van der Waals surface area contributed by atoms with Crippen molar-refractivity contribution in [3.05, 3.63) is 18.2 Å². The maximum atomic E-state index is 12.8. The Hall–Kier alpha value is -3.68. The van der Waals surface area contributed by atoms with E-state index in [-0.39, 0.29) is 18.3 Å². The number of aliphatic carboxylic acids is 1. The van der Waals surface area contributed by atoms with Crippen LogP contribution in [-0.2, 0) is 25.6 Å². The van der Waals surface area contributed by atoms with Crippen molar-refractivity contribution >= 4 is 29.7 Å². The molecule has 1 rings (SSSR count). The van der Waals surface area contributed by atoms with Crippen LogP contribution in [0.5, 0.6) is 0 Å². The highest BCUT2D eigenvalue weighted by atomic mass is 16.4. The maximum absolute atomic E-state index is 12.8. The van der Waals surface area contributed by atoms with Gasteiger partial charge in [0.1, 0.15) is 12.1 Å². The molecule has 0 aliphatic carbocycles. The first kappa shape index (κ1) is 28.4. The van der Waals surface area contributed by atoms with Gasteiger partial charge in [-0.25, -0.2) is 9.78 Å². The highest BCUT2D eigenvalue weighted by molar-refractivity contribution is 5.92. The number of H-pyrrole nitrogens is 1. The molecule has 1 aromatic rings. The average Bonchev–Trinajstić information content (AvgIpc) is 3.30.